The van der Waals surface area contributed by atoms with Crippen molar-refractivity contribution in [2.24, 2.45) is 16.7 Å². The van der Waals surface area contributed by atoms with E-state index in [1.807, 2.05) is 13.8 Å². The Labute approximate surface area is 131 Å². The third-order valence-corrected chi connectivity index (χ3v) is 5.15. The van der Waals surface area contributed by atoms with Gasteiger partial charge in [-0.15, -0.1) is 0 Å². The molecule has 0 aromatic carbocycles. The van der Waals surface area contributed by atoms with E-state index >= 15 is 0 Å². The van der Waals surface area contributed by atoms with Crippen molar-refractivity contribution in [2.45, 2.75) is 73.1 Å². The summed E-state index contributed by atoms with van der Waals surface area (Å²) < 4.78 is 0. The number of aliphatic carboxylic acids is 1. The highest BCUT2D eigenvalue weighted by Gasteiger charge is 2.28. The molecule has 1 aliphatic heterocycles. The third kappa shape index (κ3) is 6.37. The Morgan fingerprint density at radius 3 is 2.33 bits per heavy atom. The van der Waals surface area contributed by atoms with Gasteiger partial charge in [0.15, 0.2) is 0 Å². The Balaban J connectivity index is 2.26. The van der Waals surface area contributed by atoms with Crippen molar-refractivity contribution >= 4 is 5.97 Å². The van der Waals surface area contributed by atoms with Crippen molar-refractivity contribution in [1.82, 2.24) is 4.90 Å². The van der Waals surface area contributed by atoms with E-state index in [0.29, 0.717) is 5.41 Å². The number of rotatable bonds is 6. The first-order valence-electron chi connectivity index (χ1n) is 8.59. The van der Waals surface area contributed by atoms with Crippen molar-refractivity contribution in [3.8, 4) is 0 Å². The predicted octanol–water partition coefficient (Wildman–Crippen LogP) is 4.42. The van der Waals surface area contributed by atoms with Gasteiger partial charge < -0.3 is 10.0 Å². The monoisotopic (exact) mass is 297 g/mol. The molecule has 1 saturated heterocycles. The van der Waals surface area contributed by atoms with Crippen molar-refractivity contribution in [2.75, 3.05) is 19.6 Å². The van der Waals surface area contributed by atoms with Gasteiger partial charge in [0.1, 0.15) is 0 Å². The molecule has 3 heteroatoms. The second kappa shape index (κ2) is 7.62. The number of carboxylic acids is 1. The SMILES string of the molecule is CC(C)(CCCCN1CCCC(C(C)(C)C)CC1)C(=O)O. The Morgan fingerprint density at radius 2 is 1.76 bits per heavy atom. The Bertz CT molecular complexity index is 331. The molecule has 0 aromatic heterocycles. The van der Waals surface area contributed by atoms with E-state index in [2.05, 4.69) is 25.7 Å². The summed E-state index contributed by atoms with van der Waals surface area (Å²) >= 11 is 0. The van der Waals surface area contributed by atoms with Crippen LogP contribution in [0.2, 0.25) is 0 Å². The highest BCUT2D eigenvalue weighted by molar-refractivity contribution is 5.73. The zero-order valence-electron chi connectivity index (χ0n) is 14.7. The van der Waals surface area contributed by atoms with Crippen LogP contribution < -0.4 is 0 Å². The van der Waals surface area contributed by atoms with Crippen molar-refractivity contribution in [3.63, 3.8) is 0 Å². The van der Waals surface area contributed by atoms with Crippen LogP contribution in [0.4, 0.5) is 0 Å². The van der Waals surface area contributed by atoms with Crippen molar-refractivity contribution in [1.29, 1.82) is 0 Å². The van der Waals surface area contributed by atoms with Crippen LogP contribution in [0.3, 0.4) is 0 Å². The van der Waals surface area contributed by atoms with Gasteiger partial charge in [-0.3, -0.25) is 4.79 Å². The normalized spacial score (nSPS) is 22.0. The molecule has 21 heavy (non-hydrogen) atoms. The summed E-state index contributed by atoms with van der Waals surface area (Å²) in [7, 11) is 0. The number of likely N-dealkylation sites (tertiary alicyclic amines) is 1. The van der Waals surface area contributed by atoms with E-state index in [9.17, 15) is 4.79 Å². The number of hydrogen-bond donors (Lipinski definition) is 1. The molecular formula is C18H35NO2. The first-order valence-corrected chi connectivity index (χ1v) is 8.59. The lowest BCUT2D eigenvalue weighted by atomic mass is 9.77. The van der Waals surface area contributed by atoms with Crippen LogP contribution in [0.1, 0.15) is 73.1 Å². The number of hydrogen-bond acceptors (Lipinski definition) is 2. The lowest BCUT2D eigenvalue weighted by molar-refractivity contribution is -0.147. The van der Waals surface area contributed by atoms with Crippen LogP contribution in [0.5, 0.6) is 0 Å². The fraction of sp³-hybridized carbons (Fsp3) is 0.944. The van der Waals surface area contributed by atoms with Crippen molar-refractivity contribution in [3.05, 3.63) is 0 Å². The van der Waals surface area contributed by atoms with Gasteiger partial charge >= 0.3 is 5.97 Å². The first-order chi connectivity index (χ1) is 9.63. The molecule has 124 valence electrons. The highest BCUT2D eigenvalue weighted by atomic mass is 16.4. The number of carboxylic acid groups (broad SMARTS) is 1. The Morgan fingerprint density at radius 1 is 1.10 bits per heavy atom. The van der Waals surface area contributed by atoms with E-state index in [-0.39, 0.29) is 0 Å². The van der Waals surface area contributed by atoms with E-state index in [1.165, 1.54) is 32.4 Å². The fourth-order valence-electron chi connectivity index (χ4n) is 3.25. The molecule has 1 rings (SSSR count). The van der Waals surface area contributed by atoms with E-state index in [1.54, 1.807) is 0 Å². The molecule has 1 aliphatic rings. The minimum Gasteiger partial charge on any atom is -0.481 e. The molecule has 1 fully saturated rings. The molecule has 0 bridgehead atoms. The number of unbranched alkanes of at least 4 members (excludes halogenated alkanes) is 1. The van der Waals surface area contributed by atoms with Crippen LogP contribution in [0, 0.1) is 16.7 Å². The van der Waals surface area contributed by atoms with Gasteiger partial charge in [-0.1, -0.05) is 27.2 Å². The fourth-order valence-corrected chi connectivity index (χ4v) is 3.25. The maximum absolute atomic E-state index is 11.1. The van der Waals surface area contributed by atoms with Gasteiger partial charge in [-0.05, 0) is 76.9 Å². The van der Waals surface area contributed by atoms with Gasteiger partial charge in [-0.25, -0.2) is 0 Å². The molecule has 0 spiro atoms. The summed E-state index contributed by atoms with van der Waals surface area (Å²) in [5, 5.41) is 9.12. The summed E-state index contributed by atoms with van der Waals surface area (Å²) in [6.07, 6.45) is 6.88. The Hall–Kier alpha value is -0.570. The van der Waals surface area contributed by atoms with Crippen LogP contribution in [-0.2, 0) is 4.79 Å². The lowest BCUT2D eigenvalue weighted by Gasteiger charge is -2.29. The van der Waals surface area contributed by atoms with Gasteiger partial charge in [0.2, 0.25) is 0 Å². The van der Waals surface area contributed by atoms with Crippen LogP contribution in [0.25, 0.3) is 0 Å². The smallest absolute Gasteiger partial charge is 0.309 e. The lowest BCUT2D eigenvalue weighted by Crippen LogP contribution is -2.28. The standard InChI is InChI=1S/C18H35NO2/c1-17(2,3)15-9-8-13-19(14-10-15)12-7-6-11-18(4,5)16(20)21/h15H,6-14H2,1-5H3,(H,20,21). The summed E-state index contributed by atoms with van der Waals surface area (Å²) in [5.41, 5.74) is -0.141. The average Bonchev–Trinajstić information content (AvgIpc) is 2.59. The first kappa shape index (κ1) is 18.5. The molecule has 3 nitrogen and oxygen atoms in total. The summed E-state index contributed by atoms with van der Waals surface area (Å²) in [4.78, 5) is 13.7. The maximum Gasteiger partial charge on any atom is 0.309 e. The molecule has 0 amide bonds. The van der Waals surface area contributed by atoms with Crippen LogP contribution >= 0.6 is 0 Å². The largest absolute Gasteiger partial charge is 0.481 e. The zero-order valence-corrected chi connectivity index (χ0v) is 14.7. The Kier molecular flexibility index (Phi) is 6.71. The molecule has 1 unspecified atom stereocenters. The van der Waals surface area contributed by atoms with Crippen LogP contribution in [0.15, 0.2) is 0 Å². The van der Waals surface area contributed by atoms with Gasteiger partial charge in [0, 0.05) is 0 Å². The second-order valence-electron chi connectivity index (χ2n) is 8.48. The molecule has 1 heterocycles. The molecule has 0 aliphatic carbocycles. The van der Waals surface area contributed by atoms with Gasteiger partial charge in [-0.2, -0.15) is 0 Å². The quantitative estimate of drug-likeness (QED) is 0.738. The van der Waals surface area contributed by atoms with Gasteiger partial charge in [0.05, 0.1) is 5.41 Å². The molecule has 1 N–H and O–H groups in total. The van der Waals surface area contributed by atoms with E-state index < -0.39 is 11.4 Å². The minimum atomic E-state index is -0.676. The van der Waals surface area contributed by atoms with Crippen molar-refractivity contribution < 1.29 is 9.90 Å². The molecule has 1 atom stereocenters. The summed E-state index contributed by atoms with van der Waals surface area (Å²) in [5.74, 6) is 0.165. The number of nitrogens with zero attached hydrogens (tertiary/aromatic N) is 1. The molecule has 0 aromatic rings. The summed E-state index contributed by atoms with van der Waals surface area (Å²) in [6.45, 7) is 14.3. The molecular weight excluding hydrogens is 262 g/mol. The molecule has 0 saturated carbocycles. The average molecular weight is 297 g/mol. The zero-order chi connectivity index (χ0) is 16.1. The second-order valence-corrected chi connectivity index (χ2v) is 8.48. The molecule has 0 radical (unpaired) electrons. The third-order valence-electron chi connectivity index (χ3n) is 5.15. The topological polar surface area (TPSA) is 40.5 Å². The predicted molar refractivity (Wildman–Crippen MR) is 88.5 cm³/mol. The maximum atomic E-state index is 11.1. The minimum absolute atomic E-state index is 0.432. The summed E-state index contributed by atoms with van der Waals surface area (Å²) in [6, 6.07) is 0. The van der Waals surface area contributed by atoms with Crippen LogP contribution in [-0.4, -0.2) is 35.6 Å². The highest BCUT2D eigenvalue weighted by Crippen LogP contribution is 2.34. The van der Waals surface area contributed by atoms with E-state index in [4.69, 9.17) is 5.11 Å². The van der Waals surface area contributed by atoms with E-state index in [0.717, 1.165) is 31.7 Å². The van der Waals surface area contributed by atoms with Gasteiger partial charge in [0.25, 0.3) is 0 Å². The number of carbonyl (C=O) groups is 1.